The third-order valence-corrected chi connectivity index (χ3v) is 2.04. The summed E-state index contributed by atoms with van der Waals surface area (Å²) in [5, 5.41) is 2.55. The lowest BCUT2D eigenvalue weighted by Gasteiger charge is -1.99. The Labute approximate surface area is 78.6 Å². The molecule has 1 aromatic carbocycles. The molecule has 0 saturated heterocycles. The molecule has 1 amide bonds. The average Bonchev–Trinajstić information content (AvgIpc) is 2.55. The van der Waals surface area contributed by atoms with Crippen LogP contribution in [0.3, 0.4) is 0 Å². The van der Waals surface area contributed by atoms with Gasteiger partial charge in [0.25, 0.3) is 0 Å². The highest BCUT2D eigenvalue weighted by Crippen LogP contribution is 2.24. The van der Waals surface area contributed by atoms with Crippen LogP contribution >= 0.6 is 0 Å². The quantitative estimate of drug-likeness (QED) is 0.733. The number of carbonyl (C=O) groups is 2. The minimum Gasteiger partial charge on any atom is -0.326 e. The molecule has 14 heavy (non-hydrogen) atoms. The predicted octanol–water partition coefficient (Wildman–Crippen LogP) is 1.22. The van der Waals surface area contributed by atoms with E-state index in [0.29, 0.717) is 12.1 Å². The first-order valence-electron chi connectivity index (χ1n) is 3.96. The lowest BCUT2D eigenvalue weighted by molar-refractivity contribution is -0.115. The Bertz CT molecular complexity index is 417. The average molecular weight is 195 g/mol. The smallest absolute Gasteiger partial charge is 0.326 e. The molecule has 1 aliphatic rings. The van der Waals surface area contributed by atoms with Crippen LogP contribution < -0.4 is 5.32 Å². The van der Waals surface area contributed by atoms with Crippen molar-refractivity contribution >= 4 is 17.6 Å². The van der Waals surface area contributed by atoms with Crippen molar-refractivity contribution < 1.29 is 19.1 Å². The van der Waals surface area contributed by atoms with Crippen molar-refractivity contribution in [1.82, 2.24) is 0 Å². The lowest BCUT2D eigenvalue weighted by atomic mass is 10.1. The summed E-state index contributed by atoms with van der Waals surface area (Å²) >= 11 is 0. The standard InChI is InChI=1S/C9H6FNO3/c10-14-9(13)6-2-1-5-4-8(12)11-7(5)3-6/h1-3H,4H2,(H,11,12). The Morgan fingerprint density at radius 1 is 1.50 bits per heavy atom. The van der Waals surface area contributed by atoms with Gasteiger partial charge in [-0.3, -0.25) is 4.79 Å². The first-order valence-corrected chi connectivity index (χ1v) is 3.96. The van der Waals surface area contributed by atoms with Gasteiger partial charge in [0.2, 0.25) is 5.91 Å². The van der Waals surface area contributed by atoms with Gasteiger partial charge >= 0.3 is 5.97 Å². The maximum absolute atomic E-state index is 11.6. The number of rotatable bonds is 1. The van der Waals surface area contributed by atoms with Crippen molar-refractivity contribution in [2.24, 2.45) is 0 Å². The second-order valence-electron chi connectivity index (χ2n) is 2.96. The van der Waals surface area contributed by atoms with Crippen LogP contribution in [0.15, 0.2) is 18.2 Å². The van der Waals surface area contributed by atoms with Crippen LogP contribution in [0.25, 0.3) is 0 Å². The van der Waals surface area contributed by atoms with E-state index in [9.17, 15) is 14.1 Å². The van der Waals surface area contributed by atoms with Crippen molar-refractivity contribution in [2.75, 3.05) is 5.32 Å². The number of nitrogens with one attached hydrogen (secondary N) is 1. The van der Waals surface area contributed by atoms with Crippen LogP contribution in [0, 0.1) is 0 Å². The summed E-state index contributed by atoms with van der Waals surface area (Å²) in [7, 11) is 0. The van der Waals surface area contributed by atoms with Gasteiger partial charge in [0.15, 0.2) is 0 Å². The summed E-state index contributed by atoms with van der Waals surface area (Å²) in [5.41, 5.74) is 1.41. The van der Waals surface area contributed by atoms with Gasteiger partial charge < -0.3 is 5.32 Å². The van der Waals surface area contributed by atoms with Crippen LogP contribution in [0.2, 0.25) is 0 Å². The molecule has 0 saturated carbocycles. The van der Waals surface area contributed by atoms with Gasteiger partial charge in [-0.05, 0) is 17.7 Å². The number of hydrogen-bond acceptors (Lipinski definition) is 3. The first kappa shape index (κ1) is 8.68. The van der Waals surface area contributed by atoms with Gasteiger partial charge in [0.1, 0.15) is 0 Å². The Hall–Kier alpha value is -1.91. The number of fused-ring (bicyclic) bond motifs is 1. The van der Waals surface area contributed by atoms with Crippen LogP contribution in [0.1, 0.15) is 15.9 Å². The molecular weight excluding hydrogens is 189 g/mol. The van der Waals surface area contributed by atoms with Crippen LogP contribution in [0.5, 0.6) is 0 Å². The fraction of sp³-hybridized carbons (Fsp3) is 0.111. The third-order valence-electron chi connectivity index (χ3n) is 2.04. The van der Waals surface area contributed by atoms with Gasteiger partial charge in [0, 0.05) is 10.2 Å². The van der Waals surface area contributed by atoms with E-state index in [2.05, 4.69) is 10.3 Å². The van der Waals surface area contributed by atoms with Crippen molar-refractivity contribution in [3.63, 3.8) is 0 Å². The van der Waals surface area contributed by atoms with E-state index in [1.165, 1.54) is 12.1 Å². The number of amides is 1. The molecule has 0 aromatic heterocycles. The zero-order valence-electron chi connectivity index (χ0n) is 7.04. The maximum atomic E-state index is 11.6. The monoisotopic (exact) mass is 195 g/mol. The van der Waals surface area contributed by atoms with Crippen LogP contribution in [-0.4, -0.2) is 11.9 Å². The molecule has 0 fully saturated rings. The Kier molecular flexibility index (Phi) is 1.92. The fourth-order valence-corrected chi connectivity index (χ4v) is 1.39. The van der Waals surface area contributed by atoms with E-state index >= 15 is 0 Å². The molecule has 72 valence electrons. The van der Waals surface area contributed by atoms with Crippen molar-refractivity contribution in [1.29, 1.82) is 0 Å². The molecule has 0 unspecified atom stereocenters. The van der Waals surface area contributed by atoms with Gasteiger partial charge in [-0.1, -0.05) is 6.07 Å². The number of halogens is 1. The highest BCUT2D eigenvalue weighted by Gasteiger charge is 2.19. The summed E-state index contributed by atoms with van der Waals surface area (Å²) < 4.78 is 11.6. The van der Waals surface area contributed by atoms with Crippen molar-refractivity contribution in [2.45, 2.75) is 6.42 Å². The van der Waals surface area contributed by atoms with Crippen molar-refractivity contribution in [3.05, 3.63) is 29.3 Å². The summed E-state index contributed by atoms with van der Waals surface area (Å²) in [6.07, 6.45) is 0.292. The van der Waals surface area contributed by atoms with E-state index in [1.807, 2.05) is 0 Å². The molecule has 0 aliphatic carbocycles. The summed E-state index contributed by atoms with van der Waals surface area (Å²) in [4.78, 5) is 24.8. The van der Waals surface area contributed by atoms with Gasteiger partial charge in [0.05, 0.1) is 12.0 Å². The Balaban J connectivity index is 2.37. The molecule has 2 rings (SSSR count). The van der Waals surface area contributed by atoms with Gasteiger partial charge in [-0.25, -0.2) is 9.74 Å². The minimum atomic E-state index is -1.06. The summed E-state index contributed by atoms with van der Waals surface area (Å²) in [6, 6.07) is 4.41. The number of anilines is 1. The SMILES string of the molecule is O=C1Cc2ccc(C(=O)OF)cc2N1. The van der Waals surface area contributed by atoms with E-state index in [-0.39, 0.29) is 11.5 Å². The number of hydrogen-bond donors (Lipinski definition) is 1. The molecular formula is C9H6FNO3. The van der Waals surface area contributed by atoms with E-state index in [4.69, 9.17) is 0 Å². The molecule has 5 heteroatoms. The van der Waals surface area contributed by atoms with Crippen molar-refractivity contribution in [3.8, 4) is 0 Å². The molecule has 1 heterocycles. The predicted molar refractivity (Wildman–Crippen MR) is 45.3 cm³/mol. The Morgan fingerprint density at radius 3 is 3.00 bits per heavy atom. The number of carbonyl (C=O) groups excluding carboxylic acids is 2. The molecule has 1 aliphatic heterocycles. The van der Waals surface area contributed by atoms with Gasteiger partial charge in [-0.2, -0.15) is 0 Å². The molecule has 0 atom stereocenters. The Morgan fingerprint density at radius 2 is 2.29 bits per heavy atom. The lowest BCUT2D eigenvalue weighted by Crippen LogP contribution is -2.04. The zero-order chi connectivity index (χ0) is 10.1. The molecule has 1 aromatic rings. The topological polar surface area (TPSA) is 55.4 Å². The zero-order valence-corrected chi connectivity index (χ0v) is 7.04. The second-order valence-corrected chi connectivity index (χ2v) is 2.96. The van der Waals surface area contributed by atoms with Crippen LogP contribution in [0.4, 0.5) is 10.2 Å². The van der Waals surface area contributed by atoms with Crippen LogP contribution in [-0.2, 0) is 16.2 Å². The largest absolute Gasteiger partial charge is 0.379 e. The minimum absolute atomic E-state index is 0.0773. The fourth-order valence-electron chi connectivity index (χ4n) is 1.39. The summed E-state index contributed by atoms with van der Waals surface area (Å²) in [6.45, 7) is 0. The first-order chi connectivity index (χ1) is 6.70. The number of benzene rings is 1. The second kappa shape index (κ2) is 3.10. The van der Waals surface area contributed by atoms with E-state index in [1.54, 1.807) is 6.07 Å². The normalized spacial score (nSPS) is 13.4. The molecule has 4 nitrogen and oxygen atoms in total. The molecule has 0 bridgehead atoms. The molecule has 1 N–H and O–H groups in total. The summed E-state index contributed by atoms with van der Waals surface area (Å²) in [5.74, 6) is -1.19. The van der Waals surface area contributed by atoms with E-state index in [0.717, 1.165) is 5.56 Å². The van der Waals surface area contributed by atoms with E-state index < -0.39 is 5.97 Å². The van der Waals surface area contributed by atoms with Gasteiger partial charge in [-0.15, -0.1) is 0 Å². The third kappa shape index (κ3) is 1.32. The molecule has 0 spiro atoms. The highest BCUT2D eigenvalue weighted by molar-refractivity contribution is 6.01. The highest BCUT2D eigenvalue weighted by atomic mass is 19.3. The maximum Gasteiger partial charge on any atom is 0.379 e. The molecule has 0 radical (unpaired) electrons.